The van der Waals surface area contributed by atoms with E-state index < -0.39 is 23.7 Å². The van der Waals surface area contributed by atoms with Crippen molar-refractivity contribution in [1.82, 2.24) is 4.90 Å². The van der Waals surface area contributed by atoms with Crippen molar-refractivity contribution < 1.29 is 37.7 Å². The molecule has 0 fully saturated rings. The Morgan fingerprint density at radius 2 is 1.68 bits per heavy atom. The quantitative estimate of drug-likeness (QED) is 0.689. The van der Waals surface area contributed by atoms with E-state index in [1.165, 1.54) is 12.1 Å². The summed E-state index contributed by atoms with van der Waals surface area (Å²) in [6, 6.07) is 6.82. The molecule has 1 atom stereocenters. The second kappa shape index (κ2) is 10.7. The number of hydrogen-bond acceptors (Lipinski definition) is 5. The van der Waals surface area contributed by atoms with Gasteiger partial charge in [0.15, 0.2) is 0 Å². The van der Waals surface area contributed by atoms with Crippen molar-refractivity contribution >= 4 is 23.3 Å². The monoisotopic (exact) mass is 419 g/mol. The van der Waals surface area contributed by atoms with Crippen LogP contribution in [0.3, 0.4) is 0 Å². The van der Waals surface area contributed by atoms with Crippen LogP contribution in [-0.2, 0) is 15.8 Å². The molecule has 1 aromatic carbocycles. The predicted molar refractivity (Wildman–Crippen MR) is 97.6 cm³/mol. The standard InChI is InChI=1S/C16H18F3NOS.C2H2O4/c1-20(2)9-7-15(12-8-10-22-11-12)21-14-5-3-13(4-6-14)16(17,18)19;3-1(4)2(5)6/h3-6,8,10-11,15H,7,9H2,1-2H3;(H,3,4)(H,5,6). The fraction of sp³-hybridized carbons (Fsp3) is 0.333. The van der Waals surface area contributed by atoms with Gasteiger partial charge < -0.3 is 19.8 Å². The van der Waals surface area contributed by atoms with Crippen LogP contribution in [0.15, 0.2) is 41.1 Å². The third kappa shape index (κ3) is 8.40. The van der Waals surface area contributed by atoms with Crippen LogP contribution in [0.1, 0.15) is 23.7 Å². The van der Waals surface area contributed by atoms with Gasteiger partial charge in [-0.3, -0.25) is 0 Å². The van der Waals surface area contributed by atoms with Gasteiger partial charge in [0.05, 0.1) is 5.56 Å². The van der Waals surface area contributed by atoms with Crippen LogP contribution in [0, 0.1) is 0 Å². The normalized spacial score (nSPS) is 12.1. The topological polar surface area (TPSA) is 87.1 Å². The van der Waals surface area contributed by atoms with Gasteiger partial charge in [-0.2, -0.15) is 24.5 Å². The average molecular weight is 419 g/mol. The summed E-state index contributed by atoms with van der Waals surface area (Å²) in [5, 5.41) is 18.8. The number of rotatable bonds is 6. The van der Waals surface area contributed by atoms with Gasteiger partial charge in [-0.25, -0.2) is 9.59 Å². The van der Waals surface area contributed by atoms with Crippen molar-refractivity contribution in [3.05, 3.63) is 52.2 Å². The van der Waals surface area contributed by atoms with Gasteiger partial charge in [0.2, 0.25) is 0 Å². The number of hydrogen-bond donors (Lipinski definition) is 2. The molecule has 0 spiro atoms. The third-order valence-electron chi connectivity index (χ3n) is 3.40. The first kappa shape index (κ1) is 23.4. The van der Waals surface area contributed by atoms with E-state index in [1.54, 1.807) is 11.3 Å². The van der Waals surface area contributed by atoms with E-state index in [-0.39, 0.29) is 6.10 Å². The van der Waals surface area contributed by atoms with Gasteiger partial charge in [-0.15, -0.1) is 0 Å². The number of carboxylic acid groups (broad SMARTS) is 2. The molecule has 1 heterocycles. The van der Waals surface area contributed by atoms with Crippen LogP contribution in [0.25, 0.3) is 0 Å². The van der Waals surface area contributed by atoms with Crippen molar-refractivity contribution in [3.8, 4) is 5.75 Å². The first-order chi connectivity index (χ1) is 13.0. The maximum absolute atomic E-state index is 12.6. The molecule has 2 rings (SSSR count). The Hall–Kier alpha value is -2.59. The molecule has 0 radical (unpaired) electrons. The van der Waals surface area contributed by atoms with Crippen molar-refractivity contribution in [2.45, 2.75) is 18.7 Å². The first-order valence-electron chi connectivity index (χ1n) is 7.97. The molecule has 154 valence electrons. The predicted octanol–water partition coefficient (Wildman–Crippen LogP) is 3.99. The molecule has 10 heteroatoms. The molecular weight excluding hydrogens is 399 g/mol. The van der Waals surface area contributed by atoms with Crippen LogP contribution in [-0.4, -0.2) is 47.7 Å². The molecule has 2 aromatic rings. The highest BCUT2D eigenvalue weighted by Gasteiger charge is 2.30. The van der Waals surface area contributed by atoms with Gasteiger partial charge in [0, 0.05) is 18.5 Å². The van der Waals surface area contributed by atoms with Crippen LogP contribution < -0.4 is 4.74 Å². The van der Waals surface area contributed by atoms with E-state index in [0.717, 1.165) is 30.7 Å². The van der Waals surface area contributed by atoms with E-state index in [1.807, 2.05) is 30.9 Å². The smallest absolute Gasteiger partial charge is 0.416 e. The molecule has 0 bridgehead atoms. The zero-order valence-electron chi connectivity index (χ0n) is 15.1. The molecule has 0 aliphatic carbocycles. The lowest BCUT2D eigenvalue weighted by molar-refractivity contribution is -0.159. The molecule has 0 saturated heterocycles. The first-order valence-corrected chi connectivity index (χ1v) is 8.92. The number of thiophene rings is 1. The SMILES string of the molecule is CN(C)CCC(Oc1ccc(C(F)(F)F)cc1)c1ccsc1.O=C(O)C(=O)O. The summed E-state index contributed by atoms with van der Waals surface area (Å²) in [6.45, 7) is 0.834. The van der Waals surface area contributed by atoms with Crippen LogP contribution in [0.4, 0.5) is 13.2 Å². The Bertz CT molecular complexity index is 734. The maximum Gasteiger partial charge on any atom is 0.416 e. The minimum absolute atomic E-state index is 0.162. The number of alkyl halides is 3. The van der Waals surface area contributed by atoms with E-state index in [0.29, 0.717) is 5.75 Å². The lowest BCUT2D eigenvalue weighted by atomic mass is 10.1. The number of halogens is 3. The summed E-state index contributed by atoms with van der Waals surface area (Å²) in [5.41, 5.74) is 0.381. The van der Waals surface area contributed by atoms with Gasteiger partial charge >= 0.3 is 18.1 Å². The Kier molecular flexibility index (Phi) is 8.93. The highest BCUT2D eigenvalue weighted by molar-refractivity contribution is 7.07. The fourth-order valence-corrected chi connectivity index (χ4v) is 2.72. The highest BCUT2D eigenvalue weighted by Crippen LogP contribution is 2.32. The minimum Gasteiger partial charge on any atom is -0.486 e. The van der Waals surface area contributed by atoms with E-state index in [4.69, 9.17) is 24.5 Å². The Balaban J connectivity index is 0.000000568. The number of ether oxygens (including phenoxy) is 1. The largest absolute Gasteiger partial charge is 0.486 e. The van der Waals surface area contributed by atoms with Crippen molar-refractivity contribution in [2.24, 2.45) is 0 Å². The molecule has 0 aliphatic heterocycles. The number of carbonyl (C=O) groups is 2. The summed E-state index contributed by atoms with van der Waals surface area (Å²) >= 11 is 1.58. The fourth-order valence-electron chi connectivity index (χ4n) is 2.01. The summed E-state index contributed by atoms with van der Waals surface area (Å²) in [4.78, 5) is 20.3. The van der Waals surface area contributed by atoms with Crippen molar-refractivity contribution in [2.75, 3.05) is 20.6 Å². The highest BCUT2D eigenvalue weighted by atomic mass is 32.1. The van der Waals surface area contributed by atoms with Gasteiger partial charge in [0.25, 0.3) is 0 Å². The average Bonchev–Trinajstić information content (AvgIpc) is 3.13. The summed E-state index contributed by atoms with van der Waals surface area (Å²) < 4.78 is 43.6. The van der Waals surface area contributed by atoms with E-state index in [2.05, 4.69) is 4.90 Å². The van der Waals surface area contributed by atoms with Crippen molar-refractivity contribution in [3.63, 3.8) is 0 Å². The maximum atomic E-state index is 12.6. The molecule has 28 heavy (non-hydrogen) atoms. The summed E-state index contributed by atoms with van der Waals surface area (Å²) in [7, 11) is 3.95. The Morgan fingerprint density at radius 3 is 2.07 bits per heavy atom. The zero-order chi connectivity index (χ0) is 21.3. The van der Waals surface area contributed by atoms with Gasteiger partial charge in [-0.1, -0.05) is 0 Å². The number of nitrogens with zero attached hydrogens (tertiary/aromatic N) is 1. The van der Waals surface area contributed by atoms with Crippen LogP contribution in [0.5, 0.6) is 5.75 Å². The lowest BCUT2D eigenvalue weighted by Gasteiger charge is -2.20. The van der Waals surface area contributed by atoms with Gasteiger partial charge in [-0.05, 0) is 55.2 Å². The molecular formula is C18H20F3NO5S. The number of aliphatic carboxylic acids is 2. The second-order valence-corrected chi connectivity index (χ2v) is 6.67. The molecule has 2 N–H and O–H groups in total. The molecule has 1 aromatic heterocycles. The number of carboxylic acids is 2. The lowest BCUT2D eigenvalue weighted by Crippen LogP contribution is -2.18. The number of benzene rings is 1. The molecule has 1 unspecified atom stereocenters. The third-order valence-corrected chi connectivity index (χ3v) is 4.10. The Morgan fingerprint density at radius 1 is 1.11 bits per heavy atom. The zero-order valence-corrected chi connectivity index (χ0v) is 16.0. The second-order valence-electron chi connectivity index (χ2n) is 5.89. The molecule has 0 amide bonds. The van der Waals surface area contributed by atoms with E-state index in [9.17, 15) is 13.2 Å². The van der Waals surface area contributed by atoms with Crippen LogP contribution >= 0.6 is 11.3 Å². The van der Waals surface area contributed by atoms with Crippen LogP contribution in [0.2, 0.25) is 0 Å². The molecule has 6 nitrogen and oxygen atoms in total. The Labute approximate surface area is 163 Å². The van der Waals surface area contributed by atoms with Crippen molar-refractivity contribution in [1.29, 1.82) is 0 Å². The minimum atomic E-state index is -4.32. The summed E-state index contributed by atoms with van der Waals surface area (Å²) in [5.74, 6) is -3.20. The summed E-state index contributed by atoms with van der Waals surface area (Å²) in [6.07, 6.45) is -3.72. The molecule has 0 saturated carbocycles. The van der Waals surface area contributed by atoms with Gasteiger partial charge in [0.1, 0.15) is 11.9 Å². The van der Waals surface area contributed by atoms with E-state index >= 15 is 0 Å². The molecule has 0 aliphatic rings.